The van der Waals surface area contributed by atoms with Crippen molar-refractivity contribution in [3.8, 4) is 0 Å². The van der Waals surface area contributed by atoms with Crippen molar-refractivity contribution in [1.82, 2.24) is 14.5 Å². The molecule has 0 spiro atoms. The number of hydrogen-bond donors (Lipinski definition) is 0. The van der Waals surface area contributed by atoms with Crippen molar-refractivity contribution in [1.29, 1.82) is 0 Å². The Morgan fingerprint density at radius 1 is 1.12 bits per heavy atom. The lowest BCUT2D eigenvalue weighted by atomic mass is 10.1. The summed E-state index contributed by atoms with van der Waals surface area (Å²) in [4.78, 5) is 20.8. The first-order valence-electron chi connectivity index (χ1n) is 9.03. The van der Waals surface area contributed by atoms with Gasteiger partial charge >= 0.3 is 0 Å². The van der Waals surface area contributed by atoms with Gasteiger partial charge in [0, 0.05) is 44.3 Å². The molecule has 0 aliphatic carbocycles. The zero-order chi connectivity index (χ0) is 17.1. The molecular weight excluding hydrogens is 332 g/mol. The Labute approximate surface area is 153 Å². The smallest absolute Gasteiger partial charge is 0.233 e. The normalized spacial score (nSPS) is 20.6. The standard InChI is InChI=1S/C19H24N4OS/c24-18-14-25-19(23(18)12-3-9-21-13-8-20-15-21)16-4-6-17(7-5-16)22-10-1-2-11-22/h4-8,13,15,19H,1-3,9-12,14H2. The Balaban J connectivity index is 1.40. The van der Waals surface area contributed by atoms with Crippen LogP contribution in [0.3, 0.4) is 0 Å². The van der Waals surface area contributed by atoms with E-state index in [-0.39, 0.29) is 11.3 Å². The van der Waals surface area contributed by atoms with E-state index in [4.69, 9.17) is 0 Å². The van der Waals surface area contributed by atoms with E-state index in [1.54, 1.807) is 18.0 Å². The lowest BCUT2D eigenvalue weighted by molar-refractivity contribution is -0.128. The molecule has 1 aromatic heterocycles. The fourth-order valence-corrected chi connectivity index (χ4v) is 4.86. The van der Waals surface area contributed by atoms with E-state index in [9.17, 15) is 4.79 Å². The predicted octanol–water partition coefficient (Wildman–Crippen LogP) is 3.15. The van der Waals surface area contributed by atoms with Gasteiger partial charge in [-0.3, -0.25) is 4.79 Å². The third-order valence-electron chi connectivity index (χ3n) is 4.99. The molecule has 2 saturated heterocycles. The van der Waals surface area contributed by atoms with Crippen molar-refractivity contribution in [2.75, 3.05) is 30.3 Å². The first-order chi connectivity index (χ1) is 12.3. The number of carbonyl (C=O) groups excluding carboxylic acids is 1. The summed E-state index contributed by atoms with van der Waals surface area (Å²) in [5, 5.41) is 0.155. The van der Waals surface area contributed by atoms with E-state index in [2.05, 4.69) is 38.7 Å². The summed E-state index contributed by atoms with van der Waals surface area (Å²) in [6.07, 6.45) is 9.12. The number of amides is 1. The Hall–Kier alpha value is -1.95. The molecular formula is C19H24N4OS. The number of anilines is 1. The second-order valence-corrected chi connectivity index (χ2v) is 7.76. The van der Waals surface area contributed by atoms with Gasteiger partial charge in [0.2, 0.25) is 5.91 Å². The number of aromatic nitrogens is 2. The Bertz CT molecular complexity index is 695. The molecule has 1 atom stereocenters. The van der Waals surface area contributed by atoms with E-state index in [1.807, 2.05) is 17.4 Å². The average Bonchev–Trinajstić information content (AvgIpc) is 3.38. The minimum absolute atomic E-state index is 0.155. The van der Waals surface area contributed by atoms with Crippen LogP contribution >= 0.6 is 11.8 Å². The summed E-state index contributed by atoms with van der Waals surface area (Å²) in [5.41, 5.74) is 2.55. The molecule has 0 N–H and O–H groups in total. The number of carbonyl (C=O) groups is 1. The fraction of sp³-hybridized carbons (Fsp3) is 0.474. The summed E-state index contributed by atoms with van der Waals surface area (Å²) in [6.45, 7) is 4.02. The molecule has 6 heteroatoms. The molecule has 2 aliphatic rings. The molecule has 0 bridgehead atoms. The lowest BCUT2D eigenvalue weighted by Crippen LogP contribution is -2.29. The third kappa shape index (κ3) is 3.68. The van der Waals surface area contributed by atoms with Gasteiger partial charge in [0.05, 0.1) is 12.1 Å². The van der Waals surface area contributed by atoms with Gasteiger partial charge in [-0.1, -0.05) is 12.1 Å². The second-order valence-electron chi connectivity index (χ2n) is 6.69. The maximum absolute atomic E-state index is 12.3. The van der Waals surface area contributed by atoms with Crippen molar-refractivity contribution in [2.45, 2.75) is 31.2 Å². The molecule has 1 amide bonds. The van der Waals surface area contributed by atoms with Crippen LogP contribution in [0.4, 0.5) is 5.69 Å². The second kappa shape index (κ2) is 7.52. The number of aryl methyl sites for hydroxylation is 1. The number of imidazole rings is 1. The zero-order valence-corrected chi connectivity index (χ0v) is 15.2. The summed E-state index contributed by atoms with van der Waals surface area (Å²) in [7, 11) is 0. The van der Waals surface area contributed by atoms with Crippen molar-refractivity contribution >= 4 is 23.4 Å². The first-order valence-corrected chi connectivity index (χ1v) is 10.1. The maximum atomic E-state index is 12.3. The van der Waals surface area contributed by atoms with Crippen molar-refractivity contribution in [3.05, 3.63) is 48.5 Å². The molecule has 0 saturated carbocycles. The van der Waals surface area contributed by atoms with Gasteiger partial charge < -0.3 is 14.4 Å². The minimum Gasteiger partial charge on any atom is -0.372 e. The van der Waals surface area contributed by atoms with Gasteiger partial charge in [-0.2, -0.15) is 0 Å². The van der Waals surface area contributed by atoms with Crippen molar-refractivity contribution in [3.63, 3.8) is 0 Å². The van der Waals surface area contributed by atoms with Gasteiger partial charge in [-0.25, -0.2) is 4.98 Å². The number of nitrogens with zero attached hydrogens (tertiary/aromatic N) is 4. The number of hydrogen-bond acceptors (Lipinski definition) is 4. The Morgan fingerprint density at radius 2 is 1.92 bits per heavy atom. The minimum atomic E-state index is 0.155. The molecule has 1 unspecified atom stereocenters. The Kier molecular flexibility index (Phi) is 4.97. The van der Waals surface area contributed by atoms with E-state index in [0.29, 0.717) is 5.75 Å². The largest absolute Gasteiger partial charge is 0.372 e. The molecule has 132 valence electrons. The topological polar surface area (TPSA) is 41.4 Å². The fourth-order valence-electron chi connectivity index (χ4n) is 3.64. The van der Waals surface area contributed by atoms with E-state index in [0.717, 1.165) is 32.6 Å². The quantitative estimate of drug-likeness (QED) is 0.797. The zero-order valence-electron chi connectivity index (χ0n) is 14.4. The molecule has 25 heavy (non-hydrogen) atoms. The molecule has 5 nitrogen and oxygen atoms in total. The molecule has 3 heterocycles. The first kappa shape index (κ1) is 16.5. The third-order valence-corrected chi connectivity index (χ3v) is 6.25. The van der Waals surface area contributed by atoms with Crippen LogP contribution in [-0.2, 0) is 11.3 Å². The molecule has 0 radical (unpaired) electrons. The van der Waals surface area contributed by atoms with Gasteiger partial charge in [-0.05, 0) is 37.0 Å². The summed E-state index contributed by atoms with van der Waals surface area (Å²) < 4.78 is 2.06. The highest BCUT2D eigenvalue weighted by Gasteiger charge is 2.32. The van der Waals surface area contributed by atoms with Crippen molar-refractivity contribution in [2.24, 2.45) is 0 Å². The summed E-state index contributed by atoms with van der Waals surface area (Å²) >= 11 is 1.74. The number of benzene rings is 1. The van der Waals surface area contributed by atoms with Gasteiger partial charge in [0.1, 0.15) is 5.37 Å². The maximum Gasteiger partial charge on any atom is 0.233 e. The molecule has 1 aromatic carbocycles. The SMILES string of the molecule is O=C1CSC(c2ccc(N3CCCC3)cc2)N1CCCn1ccnc1. The van der Waals surface area contributed by atoms with Crippen LogP contribution in [-0.4, -0.2) is 45.7 Å². The highest BCUT2D eigenvalue weighted by atomic mass is 32.2. The van der Waals surface area contributed by atoms with Gasteiger partial charge in [0.15, 0.2) is 0 Å². The van der Waals surface area contributed by atoms with Crippen LogP contribution in [0.15, 0.2) is 43.0 Å². The monoisotopic (exact) mass is 356 g/mol. The highest BCUT2D eigenvalue weighted by molar-refractivity contribution is 8.00. The summed E-state index contributed by atoms with van der Waals surface area (Å²) in [5.74, 6) is 0.841. The van der Waals surface area contributed by atoms with Crippen LogP contribution in [0.5, 0.6) is 0 Å². The highest BCUT2D eigenvalue weighted by Crippen LogP contribution is 2.39. The van der Waals surface area contributed by atoms with E-state index < -0.39 is 0 Å². The van der Waals surface area contributed by atoms with Gasteiger partial charge in [0.25, 0.3) is 0 Å². The number of rotatable bonds is 6. The van der Waals surface area contributed by atoms with Crippen LogP contribution in [0.2, 0.25) is 0 Å². The van der Waals surface area contributed by atoms with Gasteiger partial charge in [-0.15, -0.1) is 11.8 Å². The molecule has 2 fully saturated rings. The molecule has 4 rings (SSSR count). The van der Waals surface area contributed by atoms with E-state index >= 15 is 0 Å². The van der Waals surface area contributed by atoms with Crippen molar-refractivity contribution < 1.29 is 4.79 Å². The van der Waals surface area contributed by atoms with Crippen LogP contribution in [0.25, 0.3) is 0 Å². The predicted molar refractivity (Wildman–Crippen MR) is 102 cm³/mol. The average molecular weight is 356 g/mol. The number of thioether (sulfide) groups is 1. The van der Waals surface area contributed by atoms with Crippen LogP contribution in [0.1, 0.15) is 30.2 Å². The lowest BCUT2D eigenvalue weighted by Gasteiger charge is -2.25. The molecule has 2 aromatic rings. The van der Waals surface area contributed by atoms with E-state index in [1.165, 1.54) is 24.1 Å². The van der Waals surface area contributed by atoms with Crippen LogP contribution < -0.4 is 4.90 Å². The van der Waals surface area contributed by atoms with Crippen LogP contribution in [0, 0.1) is 0 Å². The summed E-state index contributed by atoms with van der Waals surface area (Å²) in [6, 6.07) is 8.83. The Morgan fingerprint density at radius 3 is 2.64 bits per heavy atom. The molecule has 2 aliphatic heterocycles.